The van der Waals surface area contributed by atoms with Crippen LogP contribution in [0.3, 0.4) is 0 Å². The van der Waals surface area contributed by atoms with Crippen LogP contribution in [-0.2, 0) is 14.3 Å². The first kappa shape index (κ1) is 23.7. The Morgan fingerprint density at radius 3 is 1.70 bits per heavy atom. The van der Waals surface area contributed by atoms with Gasteiger partial charge in [-0.05, 0) is 19.4 Å². The molecule has 0 fully saturated rings. The number of carbonyl (C=O) groups excluding carboxylic acids is 2. The van der Waals surface area contributed by atoms with E-state index < -0.39 is 5.91 Å². The quantitative estimate of drug-likeness (QED) is 0.303. The van der Waals surface area contributed by atoms with Gasteiger partial charge in [0.15, 0.2) is 0 Å². The molecule has 0 saturated heterocycles. The molecule has 0 heterocycles. The van der Waals surface area contributed by atoms with Crippen LogP contribution in [0, 0.1) is 0 Å². The van der Waals surface area contributed by atoms with Crippen LogP contribution in [0.1, 0.15) is 78.1 Å². The lowest BCUT2D eigenvalue weighted by molar-refractivity contribution is -0.139. The smallest absolute Gasteiger partial charge is 0.333 e. The van der Waals surface area contributed by atoms with Crippen molar-refractivity contribution in [3.05, 3.63) is 24.8 Å². The van der Waals surface area contributed by atoms with Crippen LogP contribution in [0.4, 0.5) is 0 Å². The molecule has 0 aliphatic heterocycles. The first-order valence-corrected chi connectivity index (χ1v) is 8.70. The number of primary amides is 1. The second-order valence-electron chi connectivity index (χ2n) is 5.70. The predicted molar refractivity (Wildman–Crippen MR) is 97.0 cm³/mol. The normalized spacial score (nSPS) is 9.48. The van der Waals surface area contributed by atoms with Gasteiger partial charge in [-0.2, -0.15) is 0 Å². The van der Waals surface area contributed by atoms with E-state index in [0.717, 1.165) is 12.5 Å². The van der Waals surface area contributed by atoms with E-state index in [0.29, 0.717) is 12.2 Å². The molecule has 4 nitrogen and oxygen atoms in total. The standard InChI is InChI=1S/C16H30O2.C3H5NO/c1-4-5-6-7-8-9-10-11-12-13-14-18-16(17)15(2)3;1-2-3(4)5/h2,4-14H2,1,3H3;2H,1H2,(H2,4,5). The van der Waals surface area contributed by atoms with Gasteiger partial charge in [0, 0.05) is 5.57 Å². The summed E-state index contributed by atoms with van der Waals surface area (Å²) in [5.74, 6) is -0.740. The van der Waals surface area contributed by atoms with Crippen molar-refractivity contribution in [2.24, 2.45) is 5.73 Å². The van der Waals surface area contributed by atoms with Gasteiger partial charge in [-0.3, -0.25) is 4.79 Å². The van der Waals surface area contributed by atoms with Crippen LogP contribution >= 0.6 is 0 Å². The molecular weight excluding hydrogens is 290 g/mol. The molecule has 0 aromatic heterocycles. The van der Waals surface area contributed by atoms with E-state index in [1.807, 2.05) is 0 Å². The third-order valence-corrected chi connectivity index (χ3v) is 3.28. The Kier molecular flexibility index (Phi) is 19.0. The van der Waals surface area contributed by atoms with Crippen molar-refractivity contribution in [3.63, 3.8) is 0 Å². The van der Waals surface area contributed by atoms with Crippen molar-refractivity contribution >= 4 is 11.9 Å². The first-order chi connectivity index (χ1) is 11.0. The van der Waals surface area contributed by atoms with Gasteiger partial charge in [0.1, 0.15) is 0 Å². The van der Waals surface area contributed by atoms with Gasteiger partial charge >= 0.3 is 5.97 Å². The Labute approximate surface area is 142 Å². The highest BCUT2D eigenvalue weighted by molar-refractivity contribution is 5.86. The fourth-order valence-corrected chi connectivity index (χ4v) is 1.88. The van der Waals surface area contributed by atoms with Crippen LogP contribution in [0.25, 0.3) is 0 Å². The van der Waals surface area contributed by atoms with Gasteiger partial charge in [-0.1, -0.05) is 77.9 Å². The number of amides is 1. The molecule has 0 spiro atoms. The molecule has 0 radical (unpaired) electrons. The Hall–Kier alpha value is -1.58. The monoisotopic (exact) mass is 325 g/mol. The molecule has 0 aliphatic rings. The maximum Gasteiger partial charge on any atom is 0.333 e. The lowest BCUT2D eigenvalue weighted by atomic mass is 10.1. The van der Waals surface area contributed by atoms with Crippen molar-refractivity contribution in [1.82, 2.24) is 0 Å². The molecule has 23 heavy (non-hydrogen) atoms. The van der Waals surface area contributed by atoms with Crippen LogP contribution in [0.2, 0.25) is 0 Å². The zero-order valence-electron chi connectivity index (χ0n) is 15.1. The van der Waals surface area contributed by atoms with E-state index in [1.54, 1.807) is 6.92 Å². The van der Waals surface area contributed by atoms with E-state index in [1.165, 1.54) is 57.8 Å². The Morgan fingerprint density at radius 1 is 0.957 bits per heavy atom. The fraction of sp³-hybridized carbons (Fsp3) is 0.684. The van der Waals surface area contributed by atoms with E-state index in [9.17, 15) is 9.59 Å². The van der Waals surface area contributed by atoms with Gasteiger partial charge in [-0.15, -0.1) is 0 Å². The van der Waals surface area contributed by atoms with Crippen molar-refractivity contribution in [2.45, 2.75) is 78.1 Å². The number of ether oxygens (including phenoxy) is 1. The van der Waals surface area contributed by atoms with Crippen molar-refractivity contribution in [1.29, 1.82) is 0 Å². The number of nitrogens with two attached hydrogens (primary N) is 1. The van der Waals surface area contributed by atoms with Crippen molar-refractivity contribution < 1.29 is 14.3 Å². The molecule has 0 atom stereocenters. The van der Waals surface area contributed by atoms with E-state index in [2.05, 4.69) is 25.8 Å². The summed E-state index contributed by atoms with van der Waals surface area (Å²) in [6.45, 7) is 11.1. The SMILES string of the molecule is C=C(C)C(=O)OCCCCCCCCCCCC.C=CC(N)=O. The van der Waals surface area contributed by atoms with Crippen LogP contribution < -0.4 is 5.73 Å². The number of hydrogen-bond donors (Lipinski definition) is 1. The Morgan fingerprint density at radius 2 is 1.35 bits per heavy atom. The number of unbranched alkanes of at least 4 members (excludes halogenated alkanes) is 9. The molecule has 0 unspecified atom stereocenters. The summed E-state index contributed by atoms with van der Waals surface area (Å²) in [6.07, 6.45) is 14.0. The molecule has 0 saturated carbocycles. The van der Waals surface area contributed by atoms with Crippen LogP contribution in [0.5, 0.6) is 0 Å². The molecule has 2 N–H and O–H groups in total. The second-order valence-corrected chi connectivity index (χ2v) is 5.70. The zero-order valence-corrected chi connectivity index (χ0v) is 15.1. The predicted octanol–water partition coefficient (Wildman–Crippen LogP) is 4.68. The summed E-state index contributed by atoms with van der Waals surface area (Å²) < 4.78 is 5.04. The lowest BCUT2D eigenvalue weighted by Gasteiger charge is -2.04. The minimum Gasteiger partial charge on any atom is -0.462 e. The topological polar surface area (TPSA) is 69.4 Å². The number of carbonyl (C=O) groups is 2. The third-order valence-electron chi connectivity index (χ3n) is 3.28. The molecule has 0 aromatic carbocycles. The van der Waals surface area contributed by atoms with E-state index in [-0.39, 0.29) is 5.97 Å². The third kappa shape index (κ3) is 22.8. The second kappa shape index (κ2) is 18.5. The van der Waals surface area contributed by atoms with E-state index in [4.69, 9.17) is 4.74 Å². The average molecular weight is 325 g/mol. The minimum absolute atomic E-state index is 0.258. The number of rotatable bonds is 13. The summed E-state index contributed by atoms with van der Waals surface area (Å²) >= 11 is 0. The largest absolute Gasteiger partial charge is 0.462 e. The Bertz CT molecular complexity index is 338. The highest BCUT2D eigenvalue weighted by atomic mass is 16.5. The molecular formula is C19H35NO3. The molecule has 0 rings (SSSR count). The summed E-state index contributed by atoms with van der Waals surface area (Å²) in [6, 6.07) is 0. The molecule has 0 aliphatic carbocycles. The molecule has 134 valence electrons. The van der Waals surface area contributed by atoms with Gasteiger partial charge in [0.05, 0.1) is 6.61 Å². The van der Waals surface area contributed by atoms with Gasteiger partial charge in [0.2, 0.25) is 5.91 Å². The number of hydrogen-bond acceptors (Lipinski definition) is 3. The summed E-state index contributed by atoms with van der Waals surface area (Å²) in [7, 11) is 0. The minimum atomic E-state index is -0.481. The van der Waals surface area contributed by atoms with Crippen LogP contribution in [0.15, 0.2) is 24.8 Å². The first-order valence-electron chi connectivity index (χ1n) is 8.70. The molecule has 1 amide bonds. The number of esters is 1. The summed E-state index contributed by atoms with van der Waals surface area (Å²) in [5.41, 5.74) is 5.02. The maximum absolute atomic E-state index is 11.1. The maximum atomic E-state index is 11.1. The van der Waals surface area contributed by atoms with Gasteiger partial charge in [0.25, 0.3) is 0 Å². The fourth-order valence-electron chi connectivity index (χ4n) is 1.88. The van der Waals surface area contributed by atoms with Crippen molar-refractivity contribution in [3.8, 4) is 0 Å². The molecule has 0 bridgehead atoms. The summed E-state index contributed by atoms with van der Waals surface area (Å²) in [4.78, 5) is 20.6. The Balaban J connectivity index is 0. The lowest BCUT2D eigenvalue weighted by Crippen LogP contribution is -2.05. The van der Waals surface area contributed by atoms with Gasteiger partial charge in [-0.25, -0.2) is 4.79 Å². The van der Waals surface area contributed by atoms with Crippen LogP contribution in [-0.4, -0.2) is 18.5 Å². The summed E-state index contributed by atoms with van der Waals surface area (Å²) in [5, 5.41) is 0. The molecule has 0 aromatic rings. The molecule has 4 heteroatoms. The van der Waals surface area contributed by atoms with Gasteiger partial charge < -0.3 is 10.5 Å². The van der Waals surface area contributed by atoms with Crippen molar-refractivity contribution in [2.75, 3.05) is 6.61 Å². The van der Waals surface area contributed by atoms with E-state index >= 15 is 0 Å². The highest BCUT2D eigenvalue weighted by Crippen LogP contribution is 2.10. The highest BCUT2D eigenvalue weighted by Gasteiger charge is 2.01. The average Bonchev–Trinajstić information content (AvgIpc) is 2.52. The zero-order chi connectivity index (χ0) is 17.9.